The van der Waals surface area contributed by atoms with Gasteiger partial charge in [-0.15, -0.1) is 6.42 Å². The molecule has 5 heteroatoms. The largest absolute Gasteiger partial charge is 0.464 e. The van der Waals surface area contributed by atoms with Crippen LogP contribution in [0.15, 0.2) is 22.7 Å². The second kappa shape index (κ2) is 6.69. The molecular weight excluding hydrogens is 313 g/mol. The zero-order valence-electron chi connectivity index (χ0n) is 10.8. The number of terminal acetylenes is 1. The number of carbonyl (C=O) groups is 1. The van der Waals surface area contributed by atoms with Crippen LogP contribution in [0.2, 0.25) is 0 Å². The number of nitrogens with one attached hydrogen (secondary N) is 1. The molecule has 1 N–H and O–H groups in total. The van der Waals surface area contributed by atoms with Gasteiger partial charge >= 0.3 is 5.97 Å². The van der Waals surface area contributed by atoms with E-state index in [9.17, 15) is 9.18 Å². The first-order chi connectivity index (χ1) is 8.95. The molecule has 0 amide bonds. The summed E-state index contributed by atoms with van der Waals surface area (Å²) in [5, 5.41) is 2.94. The summed E-state index contributed by atoms with van der Waals surface area (Å²) in [6, 6.07) is 4.35. The number of esters is 1. The minimum atomic E-state index is -1.11. The van der Waals surface area contributed by atoms with Gasteiger partial charge in [-0.2, -0.15) is 0 Å². The van der Waals surface area contributed by atoms with Crippen LogP contribution in [0.4, 0.5) is 4.39 Å². The van der Waals surface area contributed by atoms with Crippen molar-refractivity contribution >= 4 is 21.9 Å². The highest BCUT2D eigenvalue weighted by atomic mass is 79.9. The topological polar surface area (TPSA) is 38.3 Å². The van der Waals surface area contributed by atoms with Crippen LogP contribution in [0.3, 0.4) is 0 Å². The summed E-state index contributed by atoms with van der Waals surface area (Å²) in [4.78, 5) is 12.1. The molecule has 1 unspecified atom stereocenters. The van der Waals surface area contributed by atoms with Crippen molar-refractivity contribution in [3.63, 3.8) is 0 Å². The Morgan fingerprint density at radius 1 is 1.63 bits per heavy atom. The molecule has 1 rings (SSSR count). The molecule has 0 bridgehead atoms. The number of ether oxygens (including phenoxy) is 1. The second-order valence-corrected chi connectivity index (χ2v) is 4.89. The van der Waals surface area contributed by atoms with E-state index in [0.717, 1.165) is 0 Å². The second-order valence-electron chi connectivity index (χ2n) is 4.03. The summed E-state index contributed by atoms with van der Waals surface area (Å²) < 4.78 is 18.6. The number of rotatable bonds is 5. The molecule has 102 valence electrons. The van der Waals surface area contributed by atoms with Gasteiger partial charge in [0.15, 0.2) is 0 Å². The van der Waals surface area contributed by atoms with Gasteiger partial charge < -0.3 is 4.74 Å². The predicted octanol–water partition coefficient (Wildman–Crippen LogP) is 2.59. The highest BCUT2D eigenvalue weighted by Crippen LogP contribution is 2.27. The summed E-state index contributed by atoms with van der Waals surface area (Å²) in [5.74, 6) is 1.56. The van der Waals surface area contributed by atoms with E-state index in [1.165, 1.54) is 18.2 Å². The van der Waals surface area contributed by atoms with E-state index >= 15 is 0 Å². The molecule has 1 aromatic carbocycles. The highest BCUT2D eigenvalue weighted by Gasteiger charge is 2.36. The number of halogens is 2. The van der Waals surface area contributed by atoms with Crippen molar-refractivity contribution in [1.29, 1.82) is 0 Å². The summed E-state index contributed by atoms with van der Waals surface area (Å²) >= 11 is 3.10. The zero-order chi connectivity index (χ0) is 14.5. The van der Waals surface area contributed by atoms with E-state index in [0.29, 0.717) is 5.56 Å². The van der Waals surface area contributed by atoms with Crippen LogP contribution in [0.25, 0.3) is 0 Å². The third-order valence-corrected chi connectivity index (χ3v) is 3.33. The molecule has 0 spiro atoms. The van der Waals surface area contributed by atoms with E-state index in [2.05, 4.69) is 27.2 Å². The maximum atomic E-state index is 13.3. The molecule has 19 heavy (non-hydrogen) atoms. The van der Waals surface area contributed by atoms with Crippen LogP contribution in [0.1, 0.15) is 19.4 Å². The maximum Gasteiger partial charge on any atom is 0.330 e. The first-order valence-electron chi connectivity index (χ1n) is 5.77. The van der Waals surface area contributed by atoms with Crippen LogP contribution >= 0.6 is 15.9 Å². The Morgan fingerprint density at radius 2 is 2.32 bits per heavy atom. The van der Waals surface area contributed by atoms with Gasteiger partial charge in [-0.3, -0.25) is 5.32 Å². The monoisotopic (exact) mass is 327 g/mol. The third-order valence-electron chi connectivity index (χ3n) is 2.72. The average molecular weight is 328 g/mol. The standard InChI is InChI=1S/C14H15BrFNO2/c1-4-8-17-14(3,13(18)19-5-2)10-6-7-12(16)11(15)9-10/h1,6-7,9,17H,5,8H2,2-3H3. The van der Waals surface area contributed by atoms with E-state index in [1.54, 1.807) is 13.8 Å². The summed E-state index contributed by atoms with van der Waals surface area (Å²) in [6.07, 6.45) is 5.21. The summed E-state index contributed by atoms with van der Waals surface area (Å²) in [6.45, 7) is 3.83. The Balaban J connectivity index is 3.18. The van der Waals surface area contributed by atoms with Crippen molar-refractivity contribution in [2.75, 3.05) is 13.2 Å². The van der Waals surface area contributed by atoms with Crippen molar-refractivity contribution in [3.8, 4) is 12.3 Å². The number of benzene rings is 1. The molecule has 0 fully saturated rings. The lowest BCUT2D eigenvalue weighted by Crippen LogP contribution is -2.48. The molecule has 0 saturated heterocycles. The molecule has 3 nitrogen and oxygen atoms in total. The lowest BCUT2D eigenvalue weighted by molar-refractivity contribution is -0.150. The van der Waals surface area contributed by atoms with Crippen LogP contribution < -0.4 is 5.32 Å². The molecule has 0 aromatic heterocycles. The predicted molar refractivity (Wildman–Crippen MR) is 74.9 cm³/mol. The first kappa shape index (κ1) is 15.7. The average Bonchev–Trinajstić information content (AvgIpc) is 2.39. The van der Waals surface area contributed by atoms with Crippen molar-refractivity contribution < 1.29 is 13.9 Å². The van der Waals surface area contributed by atoms with Crippen molar-refractivity contribution in [3.05, 3.63) is 34.1 Å². The molecule has 1 atom stereocenters. The van der Waals surface area contributed by atoms with Crippen molar-refractivity contribution in [1.82, 2.24) is 5.32 Å². The summed E-state index contributed by atoms with van der Waals surface area (Å²) in [5.41, 5.74) is -0.534. The molecule has 0 heterocycles. The van der Waals surface area contributed by atoms with Gasteiger partial charge in [0.1, 0.15) is 11.4 Å². The molecule has 0 saturated carbocycles. The first-order valence-corrected chi connectivity index (χ1v) is 6.56. The smallest absolute Gasteiger partial charge is 0.330 e. The fourth-order valence-electron chi connectivity index (χ4n) is 1.60. The fraction of sp³-hybridized carbons (Fsp3) is 0.357. The van der Waals surface area contributed by atoms with Crippen LogP contribution in [0.5, 0.6) is 0 Å². The quantitative estimate of drug-likeness (QED) is 0.667. The molecule has 0 aliphatic rings. The van der Waals surface area contributed by atoms with E-state index in [1.807, 2.05) is 0 Å². The minimum Gasteiger partial charge on any atom is -0.464 e. The molecular formula is C14H15BrFNO2. The van der Waals surface area contributed by atoms with E-state index in [4.69, 9.17) is 11.2 Å². The highest BCUT2D eigenvalue weighted by molar-refractivity contribution is 9.10. The fourth-order valence-corrected chi connectivity index (χ4v) is 1.98. The Hall–Kier alpha value is -1.38. The SMILES string of the molecule is C#CCNC(C)(C(=O)OCC)c1ccc(F)c(Br)c1. The normalized spacial score (nSPS) is 13.4. The zero-order valence-corrected chi connectivity index (χ0v) is 12.4. The van der Waals surface area contributed by atoms with Crippen LogP contribution in [-0.4, -0.2) is 19.1 Å². The minimum absolute atomic E-state index is 0.199. The van der Waals surface area contributed by atoms with Gasteiger partial charge in [0.05, 0.1) is 17.6 Å². The number of hydrogen-bond acceptors (Lipinski definition) is 3. The van der Waals surface area contributed by atoms with Gasteiger partial charge in [-0.05, 0) is 47.5 Å². The number of carbonyl (C=O) groups excluding carboxylic acids is 1. The third kappa shape index (κ3) is 3.55. The van der Waals surface area contributed by atoms with Crippen LogP contribution in [-0.2, 0) is 15.1 Å². The Morgan fingerprint density at radius 3 is 2.84 bits per heavy atom. The Bertz CT molecular complexity index is 513. The van der Waals surface area contributed by atoms with E-state index < -0.39 is 17.3 Å². The van der Waals surface area contributed by atoms with Gasteiger partial charge in [0.25, 0.3) is 0 Å². The summed E-state index contributed by atoms with van der Waals surface area (Å²) in [7, 11) is 0. The van der Waals surface area contributed by atoms with Gasteiger partial charge in [-0.25, -0.2) is 9.18 Å². The van der Waals surface area contributed by atoms with Crippen LogP contribution in [0, 0.1) is 18.2 Å². The molecule has 0 aliphatic carbocycles. The molecule has 1 aromatic rings. The molecule has 0 radical (unpaired) electrons. The van der Waals surface area contributed by atoms with Crippen molar-refractivity contribution in [2.45, 2.75) is 19.4 Å². The van der Waals surface area contributed by atoms with Gasteiger partial charge in [0, 0.05) is 0 Å². The van der Waals surface area contributed by atoms with Crippen molar-refractivity contribution in [2.24, 2.45) is 0 Å². The lowest BCUT2D eigenvalue weighted by Gasteiger charge is -2.28. The molecule has 0 aliphatic heterocycles. The Labute approximate surface area is 120 Å². The van der Waals surface area contributed by atoms with Gasteiger partial charge in [-0.1, -0.05) is 12.0 Å². The lowest BCUT2D eigenvalue weighted by atomic mass is 9.92. The number of hydrogen-bond donors (Lipinski definition) is 1. The van der Waals surface area contributed by atoms with Gasteiger partial charge in [0.2, 0.25) is 0 Å². The Kier molecular flexibility index (Phi) is 5.52. The van der Waals surface area contributed by atoms with E-state index in [-0.39, 0.29) is 17.6 Å². The maximum absolute atomic E-state index is 13.3.